The topological polar surface area (TPSA) is 702 Å². The normalized spacial score (nSPS) is 21.9. The first-order valence-corrected chi connectivity index (χ1v) is 32.8. The van der Waals surface area contributed by atoms with Gasteiger partial charge in [0.2, 0.25) is 82.7 Å². The molecule has 43 heteroatoms. The maximum absolute atomic E-state index is 14.7. The van der Waals surface area contributed by atoms with Gasteiger partial charge >= 0.3 is 29.8 Å². The largest absolute Gasteiger partial charge is 0.481 e. The number of nitrogens with two attached hydrogens (primary N) is 3. The number of carbonyl (C=O) groups is 20. The number of aliphatic hydroxyl groups is 1. The lowest BCUT2D eigenvalue weighted by Crippen LogP contribution is -2.62. The fourth-order valence-electron chi connectivity index (χ4n) is 10.5. The number of benzene rings is 2. The van der Waals surface area contributed by atoms with Crippen LogP contribution in [-0.2, 0) is 102 Å². The Balaban J connectivity index is 1.88. The number of ether oxygens (including phenoxy) is 1. The smallest absolute Gasteiger partial charge is 0.329 e. The molecule has 0 radical (unpaired) electrons. The van der Waals surface area contributed by atoms with Gasteiger partial charge in [-0.15, -0.1) is 0 Å². The molecule has 14 amide bonds. The lowest BCUT2D eigenvalue weighted by molar-refractivity contribution is -0.156. The molecule has 1 fully saturated rings. The highest BCUT2D eigenvalue weighted by Crippen LogP contribution is 2.21. The molecule has 1 saturated heterocycles. The quantitative estimate of drug-likeness (QED) is 0.0191. The van der Waals surface area contributed by atoms with E-state index in [9.17, 15) is 121 Å². The Morgan fingerprint density at radius 1 is 0.570 bits per heavy atom. The fraction of sp³-hybridized carbons (Fsp3) is 0.469. The second-order valence-electron chi connectivity index (χ2n) is 24.5. The second-order valence-corrected chi connectivity index (χ2v) is 24.5. The summed E-state index contributed by atoms with van der Waals surface area (Å²) in [5, 5.41) is 77.8. The number of hydrogen-bond donors (Lipinski definition) is 22. The lowest BCUT2D eigenvalue weighted by Gasteiger charge is -2.30. The van der Waals surface area contributed by atoms with Crippen molar-refractivity contribution in [3.05, 3.63) is 65.9 Å². The summed E-state index contributed by atoms with van der Waals surface area (Å²) in [7, 11) is 0. The van der Waals surface area contributed by atoms with E-state index in [0.717, 1.165) is 27.7 Å². The molecule has 107 heavy (non-hydrogen) atoms. The van der Waals surface area contributed by atoms with E-state index in [-0.39, 0.29) is 30.6 Å². The van der Waals surface area contributed by atoms with E-state index in [0.29, 0.717) is 16.5 Å². The number of fused-ring (bicyclic) bond motifs is 1. The van der Waals surface area contributed by atoms with Crippen molar-refractivity contribution >= 4 is 135 Å². The molecule has 25 N–H and O–H groups in total. The summed E-state index contributed by atoms with van der Waals surface area (Å²) < 4.78 is 5.64. The number of esters is 1. The molecule has 43 nitrogen and oxygen atoms in total. The molecule has 1 aromatic heterocycles. The van der Waals surface area contributed by atoms with Gasteiger partial charge < -0.3 is 122 Å². The van der Waals surface area contributed by atoms with Crippen molar-refractivity contribution in [2.24, 2.45) is 17.4 Å². The number of rotatable bonds is 27. The number of primary amides is 1. The number of nitrogens with one attached hydrogen (secondary N) is 14. The summed E-state index contributed by atoms with van der Waals surface area (Å²) in [4.78, 5) is 273. The molecule has 2 aromatic carbocycles. The Morgan fingerprint density at radius 3 is 1.68 bits per heavy atom. The van der Waals surface area contributed by atoms with Crippen LogP contribution in [-0.4, -0.2) is 248 Å². The zero-order valence-electron chi connectivity index (χ0n) is 57.9. The Morgan fingerprint density at radius 2 is 1.10 bits per heavy atom. The highest BCUT2D eigenvalue weighted by molar-refractivity contribution is 6.05. The highest BCUT2D eigenvalue weighted by Gasteiger charge is 2.41. The molecule has 1 aliphatic heterocycles. The summed E-state index contributed by atoms with van der Waals surface area (Å²) in [6.45, 7) is 0.0906. The average Bonchev–Trinajstić information content (AvgIpc) is 1.44. The first kappa shape index (κ1) is 86.7. The predicted molar refractivity (Wildman–Crippen MR) is 363 cm³/mol. The van der Waals surface area contributed by atoms with Crippen molar-refractivity contribution in [3.63, 3.8) is 0 Å². The van der Waals surface area contributed by atoms with Crippen LogP contribution in [0.15, 0.2) is 54.7 Å². The molecule has 3 aromatic rings. The van der Waals surface area contributed by atoms with Gasteiger partial charge in [0, 0.05) is 48.1 Å². The molecule has 2 heterocycles. The van der Waals surface area contributed by atoms with Gasteiger partial charge in [-0.3, -0.25) is 91.1 Å². The summed E-state index contributed by atoms with van der Waals surface area (Å²) in [6, 6.07) is -10.7. The molecule has 0 saturated carbocycles. The molecule has 582 valence electrons. The van der Waals surface area contributed by atoms with Gasteiger partial charge in [-0.1, -0.05) is 37.3 Å². The van der Waals surface area contributed by atoms with Crippen molar-refractivity contribution in [1.82, 2.24) is 74.1 Å². The maximum Gasteiger partial charge on any atom is 0.329 e. The Labute approximate surface area is 606 Å². The van der Waals surface area contributed by atoms with Gasteiger partial charge in [-0.2, -0.15) is 0 Å². The maximum atomic E-state index is 14.7. The minimum Gasteiger partial charge on any atom is -0.481 e. The molecule has 0 bridgehead atoms. The fourth-order valence-corrected chi connectivity index (χ4v) is 10.5. The number of hydrogen-bond acceptors (Lipinski definition) is 24. The monoisotopic (exact) mass is 1510 g/mol. The number of aromatic nitrogens is 1. The third-order valence-corrected chi connectivity index (χ3v) is 15.9. The standard InChI is InChI=1S/C64H85N17O26/c1-27(16-48(88)89)52-63(105)79-42(18-44(84)33-11-5-7-12-34(33)66)64(106)107-29(3)53(81-60(102)41(22-51(94)95)78-59(101)38(19-45(67)85)76-58(100)37(72-30(4)83)17-31-23-68-35-13-8-6-10-32(31)35)62(104)70-25-46(86)73-36(14-9-15-65)56(98)77-40(21-50(92)93)57(99)71-28(2)54(96)75-39(20-49(90)91)55(97)69-24-47(87)74-43(26-82)61(103)80-52/h5-8,10-13,23,27-29,36-43,52-53,68,82H,9,14-22,24-26,65-66H2,1-4H3,(H2,67,85)(H,69,97)(H,70,104)(H,71,99)(H,72,83)(H,73,86)(H,74,87)(H,75,96)(H,76,100)(H,77,98)(H,78,101)(H,79,105)(H,80,103)(H,81,102)(H,88,89)(H,90,91)(H,92,93)(H,94,95)/t27?,28?,29?,36?,37-,38-,39?,40?,41?,42?,43?,52?,53?/m1/s1. The second kappa shape index (κ2) is 41.6. The molecular weight excluding hydrogens is 1420 g/mol. The molecule has 0 spiro atoms. The minimum atomic E-state index is -2.45. The number of para-hydroxylation sites is 2. The van der Waals surface area contributed by atoms with Gasteiger partial charge in [0.15, 0.2) is 5.78 Å². The van der Waals surface area contributed by atoms with E-state index in [2.05, 4.69) is 52.8 Å². The summed E-state index contributed by atoms with van der Waals surface area (Å²) >= 11 is 0. The van der Waals surface area contributed by atoms with E-state index in [1.54, 1.807) is 24.3 Å². The van der Waals surface area contributed by atoms with Crippen LogP contribution in [0.1, 0.15) is 95.0 Å². The summed E-state index contributed by atoms with van der Waals surface area (Å²) in [6.07, 6.45) is -8.36. The molecule has 4 rings (SSSR count). The average molecular weight is 1510 g/mol. The van der Waals surface area contributed by atoms with E-state index in [4.69, 9.17) is 21.9 Å². The number of anilines is 1. The van der Waals surface area contributed by atoms with Gasteiger partial charge in [0.05, 0.1) is 51.8 Å². The third-order valence-electron chi connectivity index (χ3n) is 15.9. The van der Waals surface area contributed by atoms with Crippen LogP contribution in [0, 0.1) is 5.92 Å². The number of H-pyrrole nitrogens is 1. The number of carbonyl (C=O) groups excluding carboxylic acids is 16. The van der Waals surface area contributed by atoms with E-state index < -0.39 is 261 Å². The highest BCUT2D eigenvalue weighted by atomic mass is 16.5. The SMILES string of the molecule is CC(=O)N[C@H](Cc1c[nH]c2ccccc12)C(=O)N[C@H](CC(N)=O)C(=O)NC(CC(=O)O)C(=O)NC1C(=O)NCC(=O)NC(CCCN)C(=O)NC(CC(=O)O)C(=O)NC(C)C(=O)NC(CC(=O)O)C(=O)NCC(=O)NC(CO)C(=O)NC(C(C)CC(=O)O)C(=O)NC(CC(=O)c2ccccc2N)C(=O)OC1C. The van der Waals surface area contributed by atoms with Crippen LogP contribution >= 0.6 is 0 Å². The molecule has 11 unspecified atom stereocenters. The number of amides is 14. The molecular formula is C64H85N17O26. The number of Topliss-reactive ketones (excluding diaryl/α,β-unsaturated/α-hetero) is 1. The first-order valence-electron chi connectivity index (χ1n) is 32.8. The van der Waals surface area contributed by atoms with Crippen molar-refractivity contribution in [2.75, 3.05) is 32.0 Å². The van der Waals surface area contributed by atoms with E-state index >= 15 is 0 Å². The number of cyclic esters (lactones) is 1. The van der Waals surface area contributed by atoms with Crippen LogP contribution in [0.5, 0.6) is 0 Å². The Bertz CT molecular complexity index is 3880. The number of aliphatic carboxylic acids is 4. The Kier molecular flexibility index (Phi) is 33.7. The van der Waals surface area contributed by atoms with Gasteiger partial charge in [0.1, 0.15) is 72.6 Å². The zero-order valence-corrected chi connectivity index (χ0v) is 57.9. The molecule has 13 atom stereocenters. The van der Waals surface area contributed by atoms with Crippen LogP contribution in [0.2, 0.25) is 0 Å². The van der Waals surface area contributed by atoms with Crippen molar-refractivity contribution in [3.8, 4) is 0 Å². The van der Waals surface area contributed by atoms with Crippen molar-refractivity contribution in [1.29, 1.82) is 0 Å². The Hall–Kier alpha value is -12.7. The number of ketones is 1. The molecule has 0 aliphatic carbocycles. The van der Waals surface area contributed by atoms with E-state index in [1.165, 1.54) is 30.5 Å². The minimum absolute atomic E-state index is 0.0941. The number of nitrogen functional groups attached to an aromatic ring is 1. The predicted octanol–water partition coefficient (Wildman–Crippen LogP) is -8.74. The first-order chi connectivity index (χ1) is 50.3. The van der Waals surface area contributed by atoms with Crippen LogP contribution < -0.4 is 86.3 Å². The number of carboxylic acids is 4. The van der Waals surface area contributed by atoms with Crippen molar-refractivity contribution < 1.29 is 126 Å². The number of carboxylic acid groups (broad SMARTS) is 4. The van der Waals surface area contributed by atoms with Crippen LogP contribution in [0.3, 0.4) is 0 Å². The van der Waals surface area contributed by atoms with Crippen LogP contribution in [0.25, 0.3) is 10.9 Å². The molecule has 1 aliphatic rings. The van der Waals surface area contributed by atoms with Crippen LogP contribution in [0.4, 0.5) is 5.69 Å². The number of aliphatic hydroxyl groups excluding tert-OH is 1. The number of aromatic amines is 1. The summed E-state index contributed by atoms with van der Waals surface area (Å²) in [5.41, 5.74) is 17.9. The van der Waals surface area contributed by atoms with Gasteiger partial charge in [0.25, 0.3) is 0 Å². The van der Waals surface area contributed by atoms with Crippen molar-refractivity contribution in [2.45, 2.75) is 158 Å². The van der Waals surface area contributed by atoms with Gasteiger partial charge in [-0.25, -0.2) is 4.79 Å². The lowest BCUT2D eigenvalue weighted by atomic mass is 9.96. The van der Waals surface area contributed by atoms with Gasteiger partial charge in [-0.05, 0) is 62.9 Å². The zero-order chi connectivity index (χ0) is 80.1. The van der Waals surface area contributed by atoms with E-state index in [1.807, 2.05) is 21.3 Å². The summed E-state index contributed by atoms with van der Waals surface area (Å²) in [5.74, 6) is -30.0. The third kappa shape index (κ3) is 28.1.